The van der Waals surface area contributed by atoms with Crippen molar-refractivity contribution in [3.05, 3.63) is 72.2 Å². The van der Waals surface area contributed by atoms with Crippen LogP contribution < -0.4 is 4.74 Å². The van der Waals surface area contributed by atoms with E-state index in [1.165, 1.54) is 10.5 Å². The van der Waals surface area contributed by atoms with E-state index < -0.39 is 11.7 Å². The number of halogens is 3. The van der Waals surface area contributed by atoms with E-state index in [4.69, 9.17) is 4.74 Å². The van der Waals surface area contributed by atoms with Crippen molar-refractivity contribution in [3.63, 3.8) is 0 Å². The number of likely N-dealkylation sites (tertiary alicyclic amines) is 1. The van der Waals surface area contributed by atoms with Gasteiger partial charge in [0.1, 0.15) is 11.6 Å². The Hall–Kier alpha value is -3.62. The lowest BCUT2D eigenvalue weighted by Crippen LogP contribution is -2.42. The molecule has 33 heavy (non-hydrogen) atoms. The second kappa shape index (κ2) is 8.38. The number of nitrogens with zero attached hydrogens (tertiary/aromatic N) is 4. The van der Waals surface area contributed by atoms with E-state index in [1.54, 1.807) is 4.90 Å². The maximum absolute atomic E-state index is 13.2. The Labute approximate surface area is 187 Å². The molecule has 170 valence electrons. The summed E-state index contributed by atoms with van der Waals surface area (Å²) in [5.41, 5.74) is -0.412. The number of carbonyl (C=O) groups is 1. The van der Waals surface area contributed by atoms with E-state index in [0.29, 0.717) is 36.7 Å². The van der Waals surface area contributed by atoms with Crippen molar-refractivity contribution in [2.45, 2.75) is 24.9 Å². The summed E-state index contributed by atoms with van der Waals surface area (Å²) in [6.45, 7) is 0.821. The molecule has 1 saturated heterocycles. The molecule has 1 aliphatic rings. The minimum absolute atomic E-state index is 0.107. The maximum atomic E-state index is 13.2. The van der Waals surface area contributed by atoms with E-state index >= 15 is 0 Å². The van der Waals surface area contributed by atoms with Crippen molar-refractivity contribution in [3.8, 4) is 5.75 Å². The minimum atomic E-state index is -4.45. The molecule has 0 unspecified atom stereocenters. The molecule has 0 bridgehead atoms. The van der Waals surface area contributed by atoms with Crippen LogP contribution in [0.3, 0.4) is 0 Å². The van der Waals surface area contributed by atoms with Gasteiger partial charge in [0.25, 0.3) is 5.91 Å². The van der Waals surface area contributed by atoms with Crippen LogP contribution in [0.15, 0.2) is 60.8 Å². The fourth-order valence-corrected chi connectivity index (χ4v) is 4.26. The molecule has 1 amide bonds. The number of ether oxygens (including phenoxy) is 1. The largest absolute Gasteiger partial charge is 0.484 e. The SMILES string of the molecule is O=C(COc1ccc2ccccc2c1)N1CCC[C@@H](c2nnc3ccc(C(F)(F)F)cn23)C1. The summed E-state index contributed by atoms with van der Waals surface area (Å²) in [4.78, 5) is 14.5. The first-order chi connectivity index (χ1) is 15.9. The fraction of sp³-hybridized carbons (Fsp3) is 0.292. The zero-order chi connectivity index (χ0) is 23.0. The lowest BCUT2D eigenvalue weighted by atomic mass is 9.97. The molecular weight excluding hydrogens is 433 g/mol. The van der Waals surface area contributed by atoms with Gasteiger partial charge in [-0.1, -0.05) is 30.3 Å². The monoisotopic (exact) mass is 454 g/mol. The van der Waals surface area contributed by atoms with Crippen molar-refractivity contribution >= 4 is 22.3 Å². The van der Waals surface area contributed by atoms with Crippen molar-refractivity contribution in [2.24, 2.45) is 0 Å². The Bertz CT molecular complexity index is 1320. The number of amides is 1. The molecular formula is C24H21F3N4O2. The number of rotatable bonds is 4. The molecule has 3 heterocycles. The summed E-state index contributed by atoms with van der Waals surface area (Å²) in [7, 11) is 0. The number of hydrogen-bond acceptors (Lipinski definition) is 4. The standard InChI is InChI=1S/C24H21F3N4O2/c25-24(26,27)19-8-10-21-28-29-23(31(21)14-19)18-6-3-11-30(13-18)22(32)15-33-20-9-7-16-4-1-2-5-17(16)12-20/h1-2,4-5,7-10,12,14,18H,3,6,11,13,15H2/t18-/m1/s1. The van der Waals surface area contributed by atoms with Crippen molar-refractivity contribution in [1.82, 2.24) is 19.5 Å². The molecule has 0 spiro atoms. The van der Waals surface area contributed by atoms with Gasteiger partial charge in [0.05, 0.1) is 5.56 Å². The normalized spacial score (nSPS) is 16.9. The highest BCUT2D eigenvalue weighted by atomic mass is 19.4. The number of fused-ring (bicyclic) bond motifs is 2. The number of carbonyl (C=O) groups excluding carboxylic acids is 1. The summed E-state index contributed by atoms with van der Waals surface area (Å²) in [6.07, 6.45) is -1.99. The van der Waals surface area contributed by atoms with Crippen LogP contribution in [0.25, 0.3) is 16.4 Å². The molecule has 0 N–H and O–H groups in total. The molecule has 1 atom stereocenters. The van der Waals surface area contributed by atoms with E-state index in [-0.39, 0.29) is 18.4 Å². The van der Waals surface area contributed by atoms with Gasteiger partial charge in [-0.25, -0.2) is 0 Å². The van der Waals surface area contributed by atoms with Gasteiger partial charge in [-0.3, -0.25) is 9.20 Å². The third kappa shape index (κ3) is 4.35. The average molecular weight is 454 g/mol. The van der Waals surface area contributed by atoms with E-state index in [0.717, 1.165) is 29.5 Å². The third-order valence-electron chi connectivity index (χ3n) is 5.98. The molecule has 9 heteroatoms. The van der Waals surface area contributed by atoms with Crippen molar-refractivity contribution in [1.29, 1.82) is 0 Å². The number of alkyl halides is 3. The van der Waals surface area contributed by atoms with Crippen LogP contribution in [0.2, 0.25) is 0 Å². The summed E-state index contributed by atoms with van der Waals surface area (Å²) in [5.74, 6) is 0.669. The predicted molar refractivity (Wildman–Crippen MR) is 116 cm³/mol. The first-order valence-corrected chi connectivity index (χ1v) is 10.7. The third-order valence-corrected chi connectivity index (χ3v) is 5.98. The molecule has 2 aromatic carbocycles. The van der Waals surface area contributed by atoms with Gasteiger partial charge >= 0.3 is 6.18 Å². The van der Waals surface area contributed by atoms with Crippen LogP contribution in [0.1, 0.15) is 30.1 Å². The molecule has 0 radical (unpaired) electrons. The van der Waals surface area contributed by atoms with Crippen LogP contribution in [0, 0.1) is 0 Å². The zero-order valence-corrected chi connectivity index (χ0v) is 17.6. The highest BCUT2D eigenvalue weighted by molar-refractivity contribution is 5.84. The van der Waals surface area contributed by atoms with Crippen molar-refractivity contribution < 1.29 is 22.7 Å². The number of pyridine rings is 1. The first-order valence-electron chi connectivity index (χ1n) is 10.7. The molecule has 5 rings (SSSR count). The number of benzene rings is 2. The topological polar surface area (TPSA) is 59.7 Å². The Balaban J connectivity index is 1.28. The van der Waals surface area contributed by atoms with E-state index in [2.05, 4.69) is 10.2 Å². The minimum Gasteiger partial charge on any atom is -0.484 e. The molecule has 6 nitrogen and oxygen atoms in total. The molecule has 0 aliphatic carbocycles. The van der Waals surface area contributed by atoms with Crippen molar-refractivity contribution in [2.75, 3.05) is 19.7 Å². The van der Waals surface area contributed by atoms with Crippen LogP contribution >= 0.6 is 0 Å². The lowest BCUT2D eigenvalue weighted by Gasteiger charge is -2.32. The number of aromatic nitrogens is 3. The molecule has 0 saturated carbocycles. The number of piperidine rings is 1. The lowest BCUT2D eigenvalue weighted by molar-refractivity contribution is -0.138. The molecule has 1 aliphatic heterocycles. The van der Waals surface area contributed by atoms with Gasteiger partial charge < -0.3 is 9.64 Å². The molecule has 2 aromatic heterocycles. The van der Waals surface area contributed by atoms with Gasteiger partial charge in [0.2, 0.25) is 0 Å². The Kier molecular flexibility index (Phi) is 5.39. The van der Waals surface area contributed by atoms with Gasteiger partial charge in [-0.15, -0.1) is 10.2 Å². The number of hydrogen-bond donors (Lipinski definition) is 0. The summed E-state index contributed by atoms with van der Waals surface area (Å²) >= 11 is 0. The predicted octanol–water partition coefficient (Wildman–Crippen LogP) is 4.69. The van der Waals surface area contributed by atoms with Crippen LogP contribution in [-0.4, -0.2) is 45.1 Å². The summed E-state index contributed by atoms with van der Waals surface area (Å²) in [5, 5.41) is 10.3. The van der Waals surface area contributed by atoms with E-state index in [9.17, 15) is 18.0 Å². The molecule has 1 fully saturated rings. The Morgan fingerprint density at radius 3 is 2.70 bits per heavy atom. The highest BCUT2D eigenvalue weighted by Gasteiger charge is 2.32. The second-order valence-corrected chi connectivity index (χ2v) is 8.18. The quantitative estimate of drug-likeness (QED) is 0.449. The maximum Gasteiger partial charge on any atom is 0.417 e. The van der Waals surface area contributed by atoms with Crippen LogP contribution in [0.4, 0.5) is 13.2 Å². The Morgan fingerprint density at radius 1 is 1.06 bits per heavy atom. The zero-order valence-electron chi connectivity index (χ0n) is 17.6. The summed E-state index contributed by atoms with van der Waals surface area (Å²) in [6, 6.07) is 15.8. The average Bonchev–Trinajstić information content (AvgIpc) is 3.25. The molecule has 4 aromatic rings. The van der Waals surface area contributed by atoms with Gasteiger partial charge in [-0.05, 0) is 47.9 Å². The van der Waals surface area contributed by atoms with Gasteiger partial charge in [0.15, 0.2) is 12.3 Å². The fourth-order valence-electron chi connectivity index (χ4n) is 4.26. The van der Waals surface area contributed by atoms with Gasteiger partial charge in [0, 0.05) is 25.2 Å². The van der Waals surface area contributed by atoms with Gasteiger partial charge in [-0.2, -0.15) is 13.2 Å². The van der Waals surface area contributed by atoms with E-state index in [1.807, 2.05) is 42.5 Å². The highest BCUT2D eigenvalue weighted by Crippen LogP contribution is 2.31. The summed E-state index contributed by atoms with van der Waals surface area (Å²) < 4.78 is 46.6. The smallest absolute Gasteiger partial charge is 0.417 e. The Morgan fingerprint density at radius 2 is 1.88 bits per heavy atom. The van der Waals surface area contributed by atoms with Crippen LogP contribution in [0.5, 0.6) is 5.75 Å². The van der Waals surface area contributed by atoms with Crippen LogP contribution in [-0.2, 0) is 11.0 Å². The second-order valence-electron chi connectivity index (χ2n) is 8.18. The first kappa shape index (κ1) is 21.2.